The van der Waals surface area contributed by atoms with E-state index in [-0.39, 0.29) is 16.4 Å². The van der Waals surface area contributed by atoms with Crippen molar-refractivity contribution in [3.05, 3.63) is 42.5 Å². The van der Waals surface area contributed by atoms with Crippen LogP contribution >= 0.6 is 0 Å². The molecule has 0 unspecified atom stereocenters. The highest BCUT2D eigenvalue weighted by atomic mass is 32.2. The number of rotatable bonds is 8. The van der Waals surface area contributed by atoms with Crippen molar-refractivity contribution < 1.29 is 17.9 Å². The van der Waals surface area contributed by atoms with Crippen LogP contribution in [0.3, 0.4) is 0 Å². The molecule has 1 aliphatic rings. The molecular formula is C20H28N4O4S. The molecule has 8 nitrogen and oxygen atoms in total. The van der Waals surface area contributed by atoms with E-state index >= 15 is 0 Å². The van der Waals surface area contributed by atoms with Gasteiger partial charge in [-0.25, -0.2) is 13.4 Å². The molecule has 2 aromatic rings. The minimum absolute atomic E-state index is 0.128. The number of methoxy groups -OCH3 is 1. The second-order valence-corrected chi connectivity index (χ2v) is 9.03. The Bertz CT molecular complexity index is 905. The molecule has 1 amide bonds. The molecule has 0 radical (unpaired) electrons. The van der Waals surface area contributed by atoms with E-state index < -0.39 is 10.0 Å². The zero-order valence-corrected chi connectivity index (χ0v) is 17.5. The van der Waals surface area contributed by atoms with E-state index in [2.05, 4.69) is 10.3 Å². The Morgan fingerprint density at radius 1 is 1.21 bits per heavy atom. The Morgan fingerprint density at radius 2 is 1.97 bits per heavy atom. The summed E-state index contributed by atoms with van der Waals surface area (Å²) < 4.78 is 34.8. The highest BCUT2D eigenvalue weighted by molar-refractivity contribution is 7.89. The molecule has 1 aliphatic heterocycles. The summed E-state index contributed by atoms with van der Waals surface area (Å²) in [6.07, 6.45) is 9.84. The number of ether oxygens (including phenoxy) is 1. The first-order chi connectivity index (χ1) is 14.0. The lowest BCUT2D eigenvalue weighted by atomic mass is 10.2. The normalized spacial score (nSPS) is 15.6. The third kappa shape index (κ3) is 5.36. The van der Waals surface area contributed by atoms with Crippen molar-refractivity contribution in [2.75, 3.05) is 26.7 Å². The third-order valence-electron chi connectivity index (χ3n) is 5.06. The van der Waals surface area contributed by atoms with Crippen molar-refractivity contribution in [1.29, 1.82) is 0 Å². The van der Waals surface area contributed by atoms with Crippen molar-refractivity contribution in [2.24, 2.45) is 0 Å². The molecule has 158 valence electrons. The summed E-state index contributed by atoms with van der Waals surface area (Å²) in [5, 5.41) is 2.84. The molecule has 0 bridgehead atoms. The lowest BCUT2D eigenvalue weighted by Gasteiger charge is -2.20. The summed E-state index contributed by atoms with van der Waals surface area (Å²) in [6.45, 7) is 2.23. The number of hydrogen-bond acceptors (Lipinski definition) is 5. The zero-order valence-electron chi connectivity index (χ0n) is 16.7. The molecule has 1 fully saturated rings. The summed E-state index contributed by atoms with van der Waals surface area (Å²) >= 11 is 0. The maximum Gasteiger partial charge on any atom is 0.255 e. The first-order valence-corrected chi connectivity index (χ1v) is 11.4. The summed E-state index contributed by atoms with van der Waals surface area (Å²) in [5.74, 6) is 0.00678. The first kappa shape index (κ1) is 21.3. The molecule has 2 heterocycles. The first-order valence-electron chi connectivity index (χ1n) is 9.94. The second kappa shape index (κ2) is 9.89. The number of imidazole rings is 1. The number of carbonyl (C=O) groups is 1. The van der Waals surface area contributed by atoms with Gasteiger partial charge in [0.1, 0.15) is 5.75 Å². The quantitative estimate of drug-likeness (QED) is 0.661. The van der Waals surface area contributed by atoms with Gasteiger partial charge in [-0.3, -0.25) is 4.79 Å². The Balaban J connectivity index is 1.71. The second-order valence-electron chi connectivity index (χ2n) is 7.09. The number of benzene rings is 1. The van der Waals surface area contributed by atoms with Crippen LogP contribution < -0.4 is 10.1 Å². The number of nitrogens with zero attached hydrogens (tertiary/aromatic N) is 3. The summed E-state index contributed by atoms with van der Waals surface area (Å²) in [6, 6.07) is 4.48. The molecular weight excluding hydrogens is 392 g/mol. The molecule has 0 saturated carbocycles. The van der Waals surface area contributed by atoms with E-state index in [4.69, 9.17) is 4.74 Å². The predicted molar refractivity (Wildman–Crippen MR) is 109 cm³/mol. The maximum absolute atomic E-state index is 13.1. The van der Waals surface area contributed by atoms with Crippen LogP contribution in [-0.4, -0.2) is 54.9 Å². The largest absolute Gasteiger partial charge is 0.496 e. The Kier molecular flexibility index (Phi) is 7.27. The third-order valence-corrected chi connectivity index (χ3v) is 6.95. The van der Waals surface area contributed by atoms with Crippen LogP contribution in [0.5, 0.6) is 5.75 Å². The van der Waals surface area contributed by atoms with Gasteiger partial charge in [-0.2, -0.15) is 4.31 Å². The van der Waals surface area contributed by atoms with E-state index in [1.54, 1.807) is 18.6 Å². The smallest absolute Gasteiger partial charge is 0.255 e. The van der Waals surface area contributed by atoms with E-state index in [1.165, 1.54) is 23.5 Å². The average molecular weight is 421 g/mol. The van der Waals surface area contributed by atoms with Crippen molar-refractivity contribution in [3.63, 3.8) is 0 Å². The molecule has 1 aromatic heterocycles. The van der Waals surface area contributed by atoms with Crippen LogP contribution in [0, 0.1) is 0 Å². The molecule has 29 heavy (non-hydrogen) atoms. The molecule has 3 rings (SSSR count). The number of amides is 1. The Hall–Kier alpha value is -2.39. The van der Waals surface area contributed by atoms with Crippen LogP contribution in [0.2, 0.25) is 0 Å². The summed E-state index contributed by atoms with van der Waals surface area (Å²) in [7, 11) is -2.17. The summed E-state index contributed by atoms with van der Waals surface area (Å²) in [5.41, 5.74) is 0.228. The number of sulfonamides is 1. The maximum atomic E-state index is 13.1. The van der Waals surface area contributed by atoms with Crippen LogP contribution in [0.15, 0.2) is 41.8 Å². The number of carbonyl (C=O) groups excluding carboxylic acids is 1. The lowest BCUT2D eigenvalue weighted by Crippen LogP contribution is -2.32. The number of nitrogens with one attached hydrogen (secondary N) is 1. The topological polar surface area (TPSA) is 93.5 Å². The van der Waals surface area contributed by atoms with Gasteiger partial charge in [-0.15, -0.1) is 0 Å². The number of aromatic nitrogens is 2. The molecule has 1 N–H and O–H groups in total. The fourth-order valence-corrected chi connectivity index (χ4v) is 4.98. The minimum atomic E-state index is -3.63. The van der Waals surface area contributed by atoms with E-state index in [1.807, 2.05) is 10.8 Å². The van der Waals surface area contributed by atoms with Crippen molar-refractivity contribution >= 4 is 15.9 Å². The van der Waals surface area contributed by atoms with Crippen LogP contribution in [0.4, 0.5) is 0 Å². The van der Waals surface area contributed by atoms with Gasteiger partial charge in [0, 0.05) is 38.6 Å². The van der Waals surface area contributed by atoms with Gasteiger partial charge in [0.25, 0.3) is 5.91 Å². The molecule has 0 atom stereocenters. The van der Waals surface area contributed by atoms with Crippen molar-refractivity contribution in [2.45, 2.75) is 43.5 Å². The van der Waals surface area contributed by atoms with Gasteiger partial charge in [0.05, 0.1) is 23.9 Å². The van der Waals surface area contributed by atoms with Gasteiger partial charge in [0.15, 0.2) is 0 Å². The SMILES string of the molecule is COc1ccc(S(=O)(=O)N2CCCCCC2)cc1C(=O)NCCCn1ccnc1. The summed E-state index contributed by atoms with van der Waals surface area (Å²) in [4.78, 5) is 16.8. The van der Waals surface area contributed by atoms with E-state index in [0.717, 1.165) is 38.6 Å². The fraction of sp³-hybridized carbons (Fsp3) is 0.500. The average Bonchev–Trinajstić information content (AvgIpc) is 3.09. The molecule has 1 aromatic carbocycles. The monoisotopic (exact) mass is 420 g/mol. The van der Waals surface area contributed by atoms with Gasteiger partial charge in [-0.05, 0) is 37.5 Å². The van der Waals surface area contributed by atoms with Gasteiger partial charge in [0.2, 0.25) is 10.0 Å². The van der Waals surface area contributed by atoms with Crippen LogP contribution in [0.1, 0.15) is 42.5 Å². The molecule has 0 spiro atoms. The van der Waals surface area contributed by atoms with Crippen LogP contribution in [0.25, 0.3) is 0 Å². The minimum Gasteiger partial charge on any atom is -0.496 e. The standard InChI is InChI=1S/C20H28N4O4S/c1-28-19-8-7-17(29(26,27)24-12-4-2-3-5-13-24)15-18(19)20(25)22-9-6-11-23-14-10-21-16-23/h7-8,10,14-16H,2-6,9,11-13H2,1H3,(H,22,25). The fourth-order valence-electron chi connectivity index (χ4n) is 3.43. The Labute approximate surface area is 171 Å². The van der Waals surface area contributed by atoms with Crippen LogP contribution in [-0.2, 0) is 16.6 Å². The highest BCUT2D eigenvalue weighted by Gasteiger charge is 2.27. The van der Waals surface area contributed by atoms with E-state index in [9.17, 15) is 13.2 Å². The van der Waals surface area contributed by atoms with Gasteiger partial charge < -0.3 is 14.6 Å². The van der Waals surface area contributed by atoms with Gasteiger partial charge >= 0.3 is 0 Å². The van der Waals surface area contributed by atoms with Gasteiger partial charge in [-0.1, -0.05) is 12.8 Å². The van der Waals surface area contributed by atoms with Crippen molar-refractivity contribution in [3.8, 4) is 5.75 Å². The van der Waals surface area contributed by atoms with E-state index in [0.29, 0.717) is 25.4 Å². The molecule has 0 aliphatic carbocycles. The lowest BCUT2D eigenvalue weighted by molar-refractivity contribution is 0.0949. The number of aryl methyl sites for hydroxylation is 1. The number of hydrogen-bond donors (Lipinski definition) is 1. The zero-order chi connectivity index (χ0) is 20.7. The highest BCUT2D eigenvalue weighted by Crippen LogP contribution is 2.26. The molecule has 9 heteroatoms. The Morgan fingerprint density at radius 3 is 2.62 bits per heavy atom. The van der Waals surface area contributed by atoms with Crippen molar-refractivity contribution in [1.82, 2.24) is 19.2 Å². The molecule has 1 saturated heterocycles. The predicted octanol–water partition coefficient (Wildman–Crippen LogP) is 2.28.